The summed E-state index contributed by atoms with van der Waals surface area (Å²) in [7, 11) is 0. The first-order valence-electron chi connectivity index (χ1n) is 9.90. The first kappa shape index (κ1) is 18.4. The second-order valence-electron chi connectivity index (χ2n) is 7.97. The molecule has 0 radical (unpaired) electrons. The van der Waals surface area contributed by atoms with Crippen LogP contribution in [-0.4, -0.2) is 51.3 Å². The number of carbonyl (C=O) groups is 3. The van der Waals surface area contributed by atoms with Crippen molar-refractivity contribution in [1.82, 2.24) is 9.88 Å². The summed E-state index contributed by atoms with van der Waals surface area (Å²) >= 11 is 0. The van der Waals surface area contributed by atoms with Crippen LogP contribution in [0.3, 0.4) is 0 Å². The number of amides is 1. The van der Waals surface area contributed by atoms with Gasteiger partial charge in [-0.15, -0.1) is 0 Å². The number of fused-ring (bicyclic) bond motifs is 2. The minimum Gasteiger partial charge on any atom is -0.486 e. The van der Waals surface area contributed by atoms with Crippen molar-refractivity contribution in [3.05, 3.63) is 65.4 Å². The molecular formula is C23H20N2O5. The molecule has 1 amide bonds. The van der Waals surface area contributed by atoms with E-state index in [2.05, 4.69) is 4.98 Å². The number of aromatic nitrogens is 1. The lowest BCUT2D eigenvalue weighted by atomic mass is 9.82. The number of carboxylic acids is 1. The summed E-state index contributed by atoms with van der Waals surface area (Å²) in [4.78, 5) is 41.8. The van der Waals surface area contributed by atoms with E-state index in [0.717, 1.165) is 10.9 Å². The Morgan fingerprint density at radius 1 is 1.03 bits per heavy atom. The molecule has 2 N–H and O–H groups in total. The van der Waals surface area contributed by atoms with Crippen molar-refractivity contribution >= 4 is 28.6 Å². The van der Waals surface area contributed by atoms with Crippen LogP contribution in [0.1, 0.15) is 50.3 Å². The molecule has 0 saturated carbocycles. The third-order valence-corrected chi connectivity index (χ3v) is 6.10. The van der Waals surface area contributed by atoms with Gasteiger partial charge < -0.3 is 19.7 Å². The van der Waals surface area contributed by atoms with Crippen molar-refractivity contribution in [3.8, 4) is 5.75 Å². The van der Waals surface area contributed by atoms with Crippen molar-refractivity contribution in [3.63, 3.8) is 0 Å². The molecule has 3 heterocycles. The van der Waals surface area contributed by atoms with E-state index >= 15 is 0 Å². The molecule has 7 nitrogen and oxygen atoms in total. The Morgan fingerprint density at radius 2 is 1.80 bits per heavy atom. The van der Waals surface area contributed by atoms with E-state index in [1.807, 2.05) is 30.5 Å². The number of ether oxygens (including phenoxy) is 1. The highest BCUT2D eigenvalue weighted by molar-refractivity contribution is 6.02. The fourth-order valence-electron chi connectivity index (χ4n) is 4.39. The van der Waals surface area contributed by atoms with Crippen molar-refractivity contribution in [2.75, 3.05) is 13.1 Å². The van der Waals surface area contributed by atoms with Crippen LogP contribution in [0.25, 0.3) is 10.9 Å². The monoisotopic (exact) mass is 404 g/mol. The Balaban J connectivity index is 1.32. The number of piperidine rings is 1. The Labute approximate surface area is 172 Å². The number of benzene rings is 2. The number of hydrogen-bond donors (Lipinski definition) is 2. The van der Waals surface area contributed by atoms with Gasteiger partial charge in [0.25, 0.3) is 5.91 Å². The van der Waals surface area contributed by atoms with Crippen LogP contribution < -0.4 is 4.74 Å². The van der Waals surface area contributed by atoms with E-state index in [1.54, 1.807) is 11.0 Å². The van der Waals surface area contributed by atoms with Gasteiger partial charge in [-0.05, 0) is 41.8 Å². The molecule has 2 aromatic carbocycles. The van der Waals surface area contributed by atoms with Gasteiger partial charge in [-0.1, -0.05) is 6.07 Å². The van der Waals surface area contributed by atoms with Crippen LogP contribution >= 0.6 is 0 Å². The fourth-order valence-corrected chi connectivity index (χ4v) is 4.39. The van der Waals surface area contributed by atoms with E-state index in [0.29, 0.717) is 42.8 Å². The van der Waals surface area contributed by atoms with Gasteiger partial charge >= 0.3 is 5.97 Å². The minimum absolute atomic E-state index is 0.0324. The molecule has 0 aliphatic carbocycles. The number of carbonyl (C=O) groups excluding carboxylic acids is 2. The van der Waals surface area contributed by atoms with E-state index < -0.39 is 11.6 Å². The van der Waals surface area contributed by atoms with Crippen LogP contribution in [-0.2, 0) is 0 Å². The summed E-state index contributed by atoms with van der Waals surface area (Å²) in [5.41, 5.74) is 1.30. The quantitative estimate of drug-likeness (QED) is 0.681. The number of carboxylic acid groups (broad SMARTS) is 1. The van der Waals surface area contributed by atoms with Crippen LogP contribution in [0.5, 0.6) is 5.75 Å². The maximum absolute atomic E-state index is 12.9. The molecule has 0 atom stereocenters. The van der Waals surface area contributed by atoms with Gasteiger partial charge in [-0.2, -0.15) is 0 Å². The molecule has 1 fully saturated rings. The number of aromatic amines is 1. The molecule has 2 aliphatic heterocycles. The highest BCUT2D eigenvalue weighted by Gasteiger charge is 2.44. The zero-order valence-corrected chi connectivity index (χ0v) is 16.2. The maximum Gasteiger partial charge on any atom is 0.335 e. The Kier molecular flexibility index (Phi) is 4.13. The summed E-state index contributed by atoms with van der Waals surface area (Å²) < 4.78 is 6.19. The predicted molar refractivity (Wildman–Crippen MR) is 109 cm³/mol. The number of likely N-dealkylation sites (tertiary alicyclic amines) is 1. The summed E-state index contributed by atoms with van der Waals surface area (Å²) in [6.07, 6.45) is 3.14. The van der Waals surface area contributed by atoms with Gasteiger partial charge in [0.1, 0.15) is 11.4 Å². The van der Waals surface area contributed by atoms with E-state index in [-0.39, 0.29) is 23.7 Å². The van der Waals surface area contributed by atoms with E-state index in [4.69, 9.17) is 9.84 Å². The lowest BCUT2D eigenvalue weighted by molar-refractivity contribution is -0.00570. The fraction of sp³-hybridized carbons (Fsp3) is 0.261. The third kappa shape index (κ3) is 3.03. The van der Waals surface area contributed by atoms with Crippen molar-refractivity contribution in [2.45, 2.75) is 24.9 Å². The highest BCUT2D eigenvalue weighted by atomic mass is 16.5. The van der Waals surface area contributed by atoms with Gasteiger partial charge in [0.2, 0.25) is 0 Å². The number of Topliss-reactive ketones (excluding diaryl/α,β-unsaturated/α-hetero) is 1. The smallest absolute Gasteiger partial charge is 0.335 e. The number of rotatable bonds is 2. The standard InChI is InChI=1S/C23H20N2O5/c26-19-13-23(30-20-4-3-16(22(28)29)11-17(19)20)6-9-25(10-7-23)21(27)15-2-1-14-5-8-24-18(14)12-15/h1-5,8,11-12,24H,6-7,9-10,13H2,(H,28,29). The van der Waals surface area contributed by atoms with Gasteiger partial charge in [-0.25, -0.2) is 4.79 Å². The van der Waals surface area contributed by atoms with Gasteiger partial charge in [0, 0.05) is 43.2 Å². The number of aromatic carboxylic acids is 1. The molecule has 3 aromatic rings. The van der Waals surface area contributed by atoms with Gasteiger partial charge in [0.15, 0.2) is 5.78 Å². The Bertz CT molecular complexity index is 1190. The lowest BCUT2D eigenvalue weighted by Crippen LogP contribution is -2.52. The molecule has 7 heteroatoms. The molecule has 30 heavy (non-hydrogen) atoms. The molecule has 1 spiro atoms. The second-order valence-corrected chi connectivity index (χ2v) is 7.97. The van der Waals surface area contributed by atoms with Crippen LogP contribution in [0.15, 0.2) is 48.7 Å². The number of nitrogens with zero attached hydrogens (tertiary/aromatic N) is 1. The number of ketones is 1. The topological polar surface area (TPSA) is 99.7 Å². The highest BCUT2D eigenvalue weighted by Crippen LogP contribution is 2.40. The van der Waals surface area contributed by atoms with Crippen LogP contribution in [0.4, 0.5) is 0 Å². The van der Waals surface area contributed by atoms with Crippen molar-refractivity contribution < 1.29 is 24.2 Å². The first-order valence-corrected chi connectivity index (χ1v) is 9.90. The minimum atomic E-state index is -1.07. The SMILES string of the molecule is O=C(O)c1ccc2c(c1)C(=O)CC1(CCN(C(=O)c3ccc4cc[nH]c4c3)CC1)O2. The normalized spacial score (nSPS) is 17.6. The van der Waals surface area contributed by atoms with Gasteiger partial charge in [-0.3, -0.25) is 9.59 Å². The predicted octanol–water partition coefficient (Wildman–Crippen LogP) is 3.51. The van der Waals surface area contributed by atoms with Crippen molar-refractivity contribution in [1.29, 1.82) is 0 Å². The largest absolute Gasteiger partial charge is 0.486 e. The van der Waals surface area contributed by atoms with E-state index in [1.165, 1.54) is 12.1 Å². The Hall–Kier alpha value is -3.61. The van der Waals surface area contributed by atoms with Crippen molar-refractivity contribution in [2.24, 2.45) is 0 Å². The molecule has 1 saturated heterocycles. The van der Waals surface area contributed by atoms with E-state index in [9.17, 15) is 14.4 Å². The summed E-state index contributed by atoms with van der Waals surface area (Å²) in [5.74, 6) is -0.797. The number of hydrogen-bond acceptors (Lipinski definition) is 4. The van der Waals surface area contributed by atoms with Gasteiger partial charge in [0.05, 0.1) is 17.5 Å². The molecule has 152 valence electrons. The summed E-state index contributed by atoms with van der Waals surface area (Å²) in [5, 5.41) is 10.2. The van der Waals surface area contributed by atoms with Crippen LogP contribution in [0, 0.1) is 0 Å². The van der Waals surface area contributed by atoms with Crippen LogP contribution in [0.2, 0.25) is 0 Å². The molecule has 5 rings (SSSR count). The third-order valence-electron chi connectivity index (χ3n) is 6.10. The Morgan fingerprint density at radius 3 is 2.57 bits per heavy atom. The molecular weight excluding hydrogens is 384 g/mol. The molecule has 0 bridgehead atoms. The first-order chi connectivity index (χ1) is 14.4. The lowest BCUT2D eigenvalue weighted by Gasteiger charge is -2.44. The molecule has 0 unspecified atom stereocenters. The zero-order valence-electron chi connectivity index (χ0n) is 16.2. The molecule has 1 aromatic heterocycles. The maximum atomic E-state index is 12.9. The zero-order chi connectivity index (χ0) is 20.9. The summed E-state index contributed by atoms with van der Waals surface area (Å²) in [6, 6.07) is 12.0. The number of nitrogens with one attached hydrogen (secondary N) is 1. The second kappa shape index (κ2) is 6.73. The average Bonchev–Trinajstić information content (AvgIpc) is 3.21. The number of H-pyrrole nitrogens is 1. The average molecular weight is 404 g/mol. The summed E-state index contributed by atoms with van der Waals surface area (Å²) in [6.45, 7) is 0.995. The molecule has 2 aliphatic rings.